The highest BCUT2D eigenvalue weighted by molar-refractivity contribution is 5.75. The Balaban J connectivity index is 0.000000422. The summed E-state index contributed by atoms with van der Waals surface area (Å²) in [4.78, 5) is 2.54. The summed E-state index contributed by atoms with van der Waals surface area (Å²) in [6.07, 6.45) is 4.96. The first-order chi connectivity index (χ1) is 5.45. The molecule has 3 radical (unpaired) electrons. The van der Waals surface area contributed by atoms with E-state index in [4.69, 9.17) is 0 Å². The predicted octanol–water partition coefficient (Wildman–Crippen LogP) is 1.73. The lowest BCUT2D eigenvalue weighted by atomic mass is 10.2. The van der Waals surface area contributed by atoms with Gasteiger partial charge in [0.05, 0.1) is 0 Å². The van der Waals surface area contributed by atoms with Crippen LogP contribution in [0.25, 0.3) is 0 Å². The lowest BCUT2D eigenvalue weighted by Crippen LogP contribution is -2.24. The third-order valence-corrected chi connectivity index (χ3v) is 2.88. The van der Waals surface area contributed by atoms with Gasteiger partial charge in [0.25, 0.3) is 0 Å². The summed E-state index contributed by atoms with van der Waals surface area (Å²) >= 11 is 0. The second kappa shape index (κ2) is 3.48. The van der Waals surface area contributed by atoms with Gasteiger partial charge in [0, 0.05) is 33.7 Å². The van der Waals surface area contributed by atoms with Crippen molar-refractivity contribution in [3.63, 3.8) is 0 Å². The Kier molecular flexibility index (Phi) is 2.74. The SMILES string of the molecule is C.[B].c1cc2n(c1)CC1CCCN21. The molecule has 0 amide bonds. The van der Waals surface area contributed by atoms with Gasteiger partial charge in [0.2, 0.25) is 0 Å². The molecule has 13 heavy (non-hydrogen) atoms. The van der Waals surface area contributed by atoms with Gasteiger partial charge in [-0.2, -0.15) is 0 Å². The molecule has 69 valence electrons. The van der Waals surface area contributed by atoms with Crippen molar-refractivity contribution in [1.29, 1.82) is 0 Å². The van der Waals surface area contributed by atoms with Crippen LogP contribution in [-0.2, 0) is 6.54 Å². The molecule has 3 rings (SSSR count). The Labute approximate surface area is 82.1 Å². The van der Waals surface area contributed by atoms with Crippen LogP contribution in [0.2, 0.25) is 0 Å². The minimum atomic E-state index is 0. The van der Waals surface area contributed by atoms with Crippen molar-refractivity contribution in [2.75, 3.05) is 11.4 Å². The van der Waals surface area contributed by atoms with Gasteiger partial charge >= 0.3 is 0 Å². The maximum Gasteiger partial charge on any atom is 0.108 e. The van der Waals surface area contributed by atoms with E-state index in [1.54, 1.807) is 0 Å². The van der Waals surface area contributed by atoms with E-state index in [0.717, 1.165) is 6.04 Å². The van der Waals surface area contributed by atoms with Gasteiger partial charge in [-0.3, -0.25) is 0 Å². The summed E-state index contributed by atoms with van der Waals surface area (Å²) in [5, 5.41) is 0. The minimum Gasteiger partial charge on any atom is -0.353 e. The molecule has 0 aromatic carbocycles. The molecule has 1 fully saturated rings. The monoisotopic (exact) mass is 175 g/mol. The molecule has 2 aliphatic rings. The Hall–Kier alpha value is -0.855. The third kappa shape index (κ3) is 1.26. The van der Waals surface area contributed by atoms with Crippen LogP contribution in [0.15, 0.2) is 18.3 Å². The minimum absolute atomic E-state index is 0. The topological polar surface area (TPSA) is 8.17 Å². The van der Waals surface area contributed by atoms with Gasteiger partial charge in [-0.25, -0.2) is 0 Å². The molecule has 1 atom stereocenters. The van der Waals surface area contributed by atoms with Crippen molar-refractivity contribution in [1.82, 2.24) is 4.57 Å². The van der Waals surface area contributed by atoms with Gasteiger partial charge in [-0.1, -0.05) is 7.43 Å². The average Bonchev–Trinajstić information content (AvgIpc) is 2.52. The van der Waals surface area contributed by atoms with Crippen LogP contribution in [0.5, 0.6) is 0 Å². The molecule has 1 unspecified atom stereocenters. The average molecular weight is 175 g/mol. The smallest absolute Gasteiger partial charge is 0.108 e. The number of fused-ring (bicyclic) bond motifs is 3. The first-order valence-corrected chi connectivity index (χ1v) is 4.37. The first-order valence-electron chi connectivity index (χ1n) is 4.37. The predicted molar refractivity (Wildman–Crippen MR) is 57.3 cm³/mol. The lowest BCUT2D eigenvalue weighted by Gasteiger charge is -2.15. The number of hydrogen-bond acceptors (Lipinski definition) is 1. The van der Waals surface area contributed by atoms with Crippen LogP contribution in [0, 0.1) is 0 Å². The largest absolute Gasteiger partial charge is 0.353 e. The summed E-state index contributed by atoms with van der Waals surface area (Å²) in [5.41, 5.74) is 0. The normalized spacial score (nSPS) is 23.1. The molecule has 2 aliphatic heterocycles. The number of anilines is 1. The van der Waals surface area contributed by atoms with E-state index in [2.05, 4.69) is 27.8 Å². The fourth-order valence-electron chi connectivity index (χ4n) is 2.37. The Morgan fingerprint density at radius 1 is 1.38 bits per heavy atom. The standard InChI is InChI=1S/C9H12N2.CH4.B/c1-3-8-7-10-5-2-4-9(10)11(8)6-1;;/h2,4-5,8H,1,3,6-7H2;1H4;. The van der Waals surface area contributed by atoms with Crippen LogP contribution in [0.1, 0.15) is 20.3 Å². The fraction of sp³-hybridized carbons (Fsp3) is 0.600. The van der Waals surface area contributed by atoms with E-state index in [0.29, 0.717) is 0 Å². The second-order valence-corrected chi connectivity index (χ2v) is 3.51. The van der Waals surface area contributed by atoms with Crippen LogP contribution in [0.3, 0.4) is 0 Å². The van der Waals surface area contributed by atoms with Crippen LogP contribution < -0.4 is 4.90 Å². The summed E-state index contributed by atoms with van der Waals surface area (Å²) in [6.45, 7) is 2.50. The number of hydrogen-bond donors (Lipinski definition) is 0. The van der Waals surface area contributed by atoms with E-state index in [1.807, 2.05) is 0 Å². The van der Waals surface area contributed by atoms with E-state index in [1.165, 1.54) is 31.7 Å². The zero-order valence-corrected chi connectivity index (χ0v) is 7.11. The highest BCUT2D eigenvalue weighted by Crippen LogP contribution is 2.32. The molecule has 0 N–H and O–H groups in total. The Morgan fingerprint density at radius 3 is 3.08 bits per heavy atom. The first kappa shape index (κ1) is 10.2. The van der Waals surface area contributed by atoms with Crippen LogP contribution >= 0.6 is 0 Å². The number of aromatic nitrogens is 1. The van der Waals surface area contributed by atoms with Crippen molar-refractivity contribution < 1.29 is 0 Å². The molecule has 0 saturated carbocycles. The van der Waals surface area contributed by atoms with Crippen molar-refractivity contribution >= 4 is 14.2 Å². The molecule has 2 nitrogen and oxygen atoms in total. The van der Waals surface area contributed by atoms with E-state index in [-0.39, 0.29) is 15.8 Å². The van der Waals surface area contributed by atoms with Crippen molar-refractivity contribution in [3.05, 3.63) is 18.3 Å². The zero-order chi connectivity index (χ0) is 7.26. The lowest BCUT2D eigenvalue weighted by molar-refractivity contribution is 0.623. The van der Waals surface area contributed by atoms with Gasteiger partial charge in [0.15, 0.2) is 0 Å². The van der Waals surface area contributed by atoms with E-state index < -0.39 is 0 Å². The number of rotatable bonds is 0. The Bertz CT molecular complexity index is 282. The van der Waals surface area contributed by atoms with Crippen molar-refractivity contribution in [2.24, 2.45) is 0 Å². The molecule has 0 spiro atoms. The van der Waals surface area contributed by atoms with Gasteiger partial charge in [-0.05, 0) is 25.0 Å². The maximum atomic E-state index is 2.54. The summed E-state index contributed by atoms with van der Waals surface area (Å²) < 4.78 is 2.36. The molecule has 1 aromatic rings. The quantitative estimate of drug-likeness (QED) is 0.545. The van der Waals surface area contributed by atoms with Crippen LogP contribution in [0.4, 0.5) is 5.82 Å². The zero-order valence-electron chi connectivity index (χ0n) is 7.11. The van der Waals surface area contributed by atoms with Crippen molar-refractivity contribution in [3.8, 4) is 0 Å². The third-order valence-electron chi connectivity index (χ3n) is 2.88. The summed E-state index contributed by atoms with van der Waals surface area (Å²) in [7, 11) is 0. The highest BCUT2D eigenvalue weighted by atomic mass is 15.3. The Morgan fingerprint density at radius 2 is 2.23 bits per heavy atom. The molecular weight excluding hydrogens is 159 g/mol. The second-order valence-electron chi connectivity index (χ2n) is 3.51. The van der Waals surface area contributed by atoms with Crippen molar-refractivity contribution in [2.45, 2.75) is 32.9 Å². The molecule has 1 saturated heterocycles. The number of nitrogens with zero attached hydrogens (tertiary/aromatic N) is 2. The van der Waals surface area contributed by atoms with Gasteiger partial charge < -0.3 is 9.47 Å². The fourth-order valence-corrected chi connectivity index (χ4v) is 2.37. The van der Waals surface area contributed by atoms with E-state index >= 15 is 0 Å². The summed E-state index contributed by atoms with van der Waals surface area (Å²) in [5.74, 6) is 1.44. The molecule has 1 aromatic heterocycles. The van der Waals surface area contributed by atoms with Gasteiger partial charge in [-0.15, -0.1) is 0 Å². The van der Waals surface area contributed by atoms with Gasteiger partial charge in [0.1, 0.15) is 5.82 Å². The highest BCUT2D eigenvalue weighted by Gasteiger charge is 2.31. The molecule has 0 aliphatic carbocycles. The van der Waals surface area contributed by atoms with E-state index in [9.17, 15) is 0 Å². The molecule has 0 bridgehead atoms. The van der Waals surface area contributed by atoms with Crippen LogP contribution in [-0.4, -0.2) is 25.6 Å². The maximum absolute atomic E-state index is 2.54. The summed E-state index contributed by atoms with van der Waals surface area (Å²) in [6, 6.07) is 5.20. The molecule has 3 heteroatoms. The molecule has 3 heterocycles. The molecular formula is C10H16BN2.